The zero-order valence-corrected chi connectivity index (χ0v) is 17.0. The molecule has 2 heterocycles. The van der Waals surface area contributed by atoms with Gasteiger partial charge in [-0.05, 0) is 38.3 Å². The third-order valence-electron chi connectivity index (χ3n) is 4.23. The van der Waals surface area contributed by atoms with Crippen LogP contribution in [-0.2, 0) is 4.74 Å². The first-order valence-corrected chi connectivity index (χ1v) is 9.32. The molecule has 0 radical (unpaired) electrons. The Labute approximate surface area is 164 Å². The van der Waals surface area contributed by atoms with E-state index in [0.29, 0.717) is 29.7 Å². The van der Waals surface area contributed by atoms with Crippen LogP contribution in [0, 0.1) is 5.82 Å². The maximum atomic E-state index is 13.6. The lowest BCUT2D eigenvalue weighted by atomic mass is 9.96. The van der Waals surface area contributed by atoms with E-state index in [-0.39, 0.29) is 29.8 Å². The zero-order chi connectivity index (χ0) is 16.1. The highest BCUT2D eigenvalue weighted by molar-refractivity contribution is 14.0. The number of fused-ring (bicyclic) bond motifs is 2. The summed E-state index contributed by atoms with van der Waals surface area (Å²) in [4.78, 5) is 5.28. The molecule has 0 aliphatic carbocycles. The van der Waals surface area contributed by atoms with E-state index in [4.69, 9.17) is 4.74 Å². The van der Waals surface area contributed by atoms with Crippen LogP contribution in [0.25, 0.3) is 0 Å². The molecule has 3 unspecified atom stereocenters. The number of nitrogens with zero attached hydrogens (tertiary/aromatic N) is 1. The Kier molecular flexibility index (Phi) is 8.09. The molecular formula is C17H25FIN3OS. The second-order valence-electron chi connectivity index (χ2n) is 5.90. The van der Waals surface area contributed by atoms with Crippen LogP contribution in [0.1, 0.15) is 26.2 Å². The van der Waals surface area contributed by atoms with Gasteiger partial charge in [0.1, 0.15) is 5.82 Å². The van der Waals surface area contributed by atoms with Crippen LogP contribution in [0.5, 0.6) is 0 Å². The molecule has 3 rings (SSSR count). The van der Waals surface area contributed by atoms with Crippen LogP contribution in [-0.4, -0.2) is 43.1 Å². The van der Waals surface area contributed by atoms with Gasteiger partial charge < -0.3 is 15.4 Å². The standard InChI is InChI=1S/C17H24FN3OS.HI/c1-2-19-17(21-14-11-12-7-8-15(14)22-12)20-9-10-23-16-6-4-3-5-13(16)18;/h3-6,12,14-15H,2,7-11H2,1H3,(H2,19,20,21);1H. The summed E-state index contributed by atoms with van der Waals surface area (Å²) >= 11 is 1.50. The maximum Gasteiger partial charge on any atom is 0.191 e. The van der Waals surface area contributed by atoms with Gasteiger partial charge in [0, 0.05) is 17.2 Å². The molecule has 0 aromatic heterocycles. The summed E-state index contributed by atoms with van der Waals surface area (Å²) < 4.78 is 19.4. The number of guanidine groups is 1. The minimum absolute atomic E-state index is 0. The lowest BCUT2D eigenvalue weighted by Gasteiger charge is -2.22. The maximum absolute atomic E-state index is 13.6. The quantitative estimate of drug-likeness (QED) is 0.222. The second kappa shape index (κ2) is 9.82. The zero-order valence-electron chi connectivity index (χ0n) is 13.8. The van der Waals surface area contributed by atoms with E-state index in [2.05, 4.69) is 22.5 Å². The summed E-state index contributed by atoms with van der Waals surface area (Å²) in [6.07, 6.45) is 4.16. The van der Waals surface area contributed by atoms with Crippen LogP contribution in [0.15, 0.2) is 34.2 Å². The number of hydrogen-bond acceptors (Lipinski definition) is 3. The first-order valence-electron chi connectivity index (χ1n) is 8.34. The first kappa shape index (κ1) is 19.8. The molecule has 1 aromatic carbocycles. The molecule has 2 aliphatic heterocycles. The Hall–Kier alpha value is -0.540. The van der Waals surface area contributed by atoms with Gasteiger partial charge in [-0.1, -0.05) is 12.1 Å². The lowest BCUT2D eigenvalue weighted by Crippen LogP contribution is -2.47. The Bertz CT molecular complexity index is 560. The molecule has 134 valence electrons. The largest absolute Gasteiger partial charge is 0.373 e. The van der Waals surface area contributed by atoms with Crippen LogP contribution < -0.4 is 10.6 Å². The van der Waals surface area contributed by atoms with E-state index in [9.17, 15) is 4.39 Å². The smallest absolute Gasteiger partial charge is 0.191 e. The van der Waals surface area contributed by atoms with Crippen molar-refractivity contribution in [1.29, 1.82) is 0 Å². The van der Waals surface area contributed by atoms with Crippen molar-refractivity contribution in [3.05, 3.63) is 30.1 Å². The number of hydrogen-bond donors (Lipinski definition) is 2. The molecule has 2 N–H and O–H groups in total. The molecule has 0 amide bonds. The molecule has 1 aromatic rings. The number of rotatable bonds is 6. The molecule has 2 saturated heterocycles. The predicted octanol–water partition coefficient (Wildman–Crippen LogP) is 3.41. The Morgan fingerprint density at radius 1 is 1.38 bits per heavy atom. The van der Waals surface area contributed by atoms with Crippen molar-refractivity contribution < 1.29 is 9.13 Å². The van der Waals surface area contributed by atoms with E-state index in [1.165, 1.54) is 24.2 Å². The molecule has 2 bridgehead atoms. The molecule has 4 nitrogen and oxygen atoms in total. The van der Waals surface area contributed by atoms with E-state index in [0.717, 1.165) is 31.1 Å². The molecule has 24 heavy (non-hydrogen) atoms. The van der Waals surface area contributed by atoms with Crippen molar-refractivity contribution in [2.75, 3.05) is 18.8 Å². The summed E-state index contributed by atoms with van der Waals surface area (Å²) in [6.45, 7) is 3.53. The highest BCUT2D eigenvalue weighted by Gasteiger charge is 2.41. The average Bonchev–Trinajstić information content (AvgIpc) is 3.16. The van der Waals surface area contributed by atoms with Gasteiger partial charge in [0.05, 0.1) is 24.8 Å². The molecule has 0 saturated carbocycles. The number of thioether (sulfide) groups is 1. The van der Waals surface area contributed by atoms with Crippen molar-refractivity contribution in [3.63, 3.8) is 0 Å². The number of benzene rings is 1. The van der Waals surface area contributed by atoms with Gasteiger partial charge in [0.2, 0.25) is 0 Å². The monoisotopic (exact) mass is 465 g/mol. The lowest BCUT2D eigenvalue weighted by molar-refractivity contribution is 0.0992. The van der Waals surface area contributed by atoms with Crippen LogP contribution >= 0.6 is 35.7 Å². The van der Waals surface area contributed by atoms with Crippen LogP contribution in [0.4, 0.5) is 4.39 Å². The molecule has 0 spiro atoms. The van der Waals surface area contributed by atoms with E-state index >= 15 is 0 Å². The van der Waals surface area contributed by atoms with Gasteiger partial charge in [0.15, 0.2) is 5.96 Å². The number of ether oxygens (including phenoxy) is 1. The Morgan fingerprint density at radius 3 is 2.88 bits per heavy atom. The van der Waals surface area contributed by atoms with Gasteiger partial charge in [-0.2, -0.15) is 0 Å². The van der Waals surface area contributed by atoms with E-state index in [1.807, 2.05) is 6.07 Å². The van der Waals surface area contributed by atoms with Crippen molar-refractivity contribution in [3.8, 4) is 0 Å². The van der Waals surface area contributed by atoms with Crippen LogP contribution in [0.2, 0.25) is 0 Å². The fourth-order valence-corrected chi connectivity index (χ4v) is 3.94. The van der Waals surface area contributed by atoms with Gasteiger partial charge in [-0.15, -0.1) is 35.7 Å². The fraction of sp³-hybridized carbons (Fsp3) is 0.588. The van der Waals surface area contributed by atoms with E-state index in [1.54, 1.807) is 12.1 Å². The van der Waals surface area contributed by atoms with Crippen molar-refractivity contribution in [2.45, 2.75) is 49.3 Å². The molecule has 2 fully saturated rings. The van der Waals surface area contributed by atoms with Crippen LogP contribution in [0.3, 0.4) is 0 Å². The summed E-state index contributed by atoms with van der Waals surface area (Å²) in [5.41, 5.74) is 0. The predicted molar refractivity (Wildman–Crippen MR) is 108 cm³/mol. The number of nitrogens with one attached hydrogen (secondary N) is 2. The average molecular weight is 465 g/mol. The number of aliphatic imine (C=N–C) groups is 1. The number of halogens is 2. The van der Waals surface area contributed by atoms with Crippen molar-refractivity contribution in [2.24, 2.45) is 4.99 Å². The normalized spacial score (nSPS) is 25.4. The third kappa shape index (κ3) is 5.23. The first-order chi connectivity index (χ1) is 11.3. The summed E-state index contributed by atoms with van der Waals surface area (Å²) in [5.74, 6) is 1.43. The highest BCUT2D eigenvalue weighted by atomic mass is 127. The van der Waals surface area contributed by atoms with Crippen molar-refractivity contribution >= 4 is 41.7 Å². The molecule has 2 aliphatic rings. The minimum atomic E-state index is -0.161. The van der Waals surface area contributed by atoms with Gasteiger partial charge >= 0.3 is 0 Å². The summed E-state index contributed by atoms with van der Waals surface area (Å²) in [5, 5.41) is 6.77. The highest BCUT2D eigenvalue weighted by Crippen LogP contribution is 2.34. The van der Waals surface area contributed by atoms with Crippen molar-refractivity contribution in [1.82, 2.24) is 10.6 Å². The fourth-order valence-electron chi connectivity index (χ4n) is 3.16. The topological polar surface area (TPSA) is 45.7 Å². The van der Waals surface area contributed by atoms with Gasteiger partial charge in [-0.3, -0.25) is 4.99 Å². The molecular weight excluding hydrogens is 440 g/mol. The van der Waals surface area contributed by atoms with Gasteiger partial charge in [-0.25, -0.2) is 4.39 Å². The second-order valence-corrected chi connectivity index (χ2v) is 7.04. The summed E-state index contributed by atoms with van der Waals surface area (Å²) in [6, 6.07) is 7.23. The Morgan fingerprint density at radius 2 is 2.21 bits per heavy atom. The molecule has 3 atom stereocenters. The van der Waals surface area contributed by atoms with E-state index < -0.39 is 0 Å². The summed E-state index contributed by atoms with van der Waals surface area (Å²) in [7, 11) is 0. The SMILES string of the molecule is CCNC(=NCCSc1ccccc1F)NC1CC2CCC1O2.I. The minimum Gasteiger partial charge on any atom is -0.373 e. The Balaban J connectivity index is 0.00000208. The third-order valence-corrected chi connectivity index (χ3v) is 5.26. The van der Waals surface area contributed by atoms with Gasteiger partial charge in [0.25, 0.3) is 0 Å². The molecule has 7 heteroatoms.